The van der Waals surface area contributed by atoms with E-state index in [-0.39, 0.29) is 17.8 Å². The SMILES string of the molecule is O=C(Nc1ccccc1F)N1Cc2c(sc3c2CCCC3)-n2cccc2C1c1ccccc1. The van der Waals surface area contributed by atoms with Crippen molar-refractivity contribution in [2.24, 2.45) is 0 Å². The number of carbonyl (C=O) groups excluding carboxylic acids is 1. The van der Waals surface area contributed by atoms with Crippen LogP contribution in [0.5, 0.6) is 0 Å². The number of urea groups is 1. The van der Waals surface area contributed by atoms with Crippen molar-refractivity contribution >= 4 is 23.1 Å². The Hall–Kier alpha value is -3.38. The van der Waals surface area contributed by atoms with Gasteiger partial charge in [-0.05, 0) is 61.1 Å². The predicted molar refractivity (Wildman–Crippen MR) is 130 cm³/mol. The van der Waals surface area contributed by atoms with Crippen molar-refractivity contribution in [3.63, 3.8) is 0 Å². The van der Waals surface area contributed by atoms with Crippen LogP contribution >= 0.6 is 11.3 Å². The second-order valence-corrected chi connectivity index (χ2v) is 9.73. The fourth-order valence-electron chi connectivity index (χ4n) is 5.12. The first kappa shape index (κ1) is 20.2. The number of halogens is 1. The monoisotopic (exact) mass is 457 g/mol. The van der Waals surface area contributed by atoms with Crippen molar-refractivity contribution in [1.29, 1.82) is 0 Å². The minimum absolute atomic E-state index is 0.196. The third kappa shape index (κ3) is 3.45. The first-order chi connectivity index (χ1) is 16.2. The summed E-state index contributed by atoms with van der Waals surface area (Å²) in [5.74, 6) is -0.436. The zero-order valence-electron chi connectivity index (χ0n) is 18.1. The summed E-state index contributed by atoms with van der Waals surface area (Å²) in [6, 6.07) is 20.0. The highest BCUT2D eigenvalue weighted by molar-refractivity contribution is 7.15. The number of nitrogens with one attached hydrogen (secondary N) is 1. The molecule has 0 saturated carbocycles. The molecule has 6 heteroatoms. The predicted octanol–water partition coefficient (Wildman–Crippen LogP) is 6.69. The highest BCUT2D eigenvalue weighted by atomic mass is 32.1. The Morgan fingerprint density at radius 3 is 2.58 bits per heavy atom. The van der Waals surface area contributed by atoms with Crippen molar-refractivity contribution in [3.05, 3.63) is 106 Å². The fraction of sp³-hybridized carbons (Fsp3) is 0.222. The van der Waals surface area contributed by atoms with Crippen LogP contribution in [0.25, 0.3) is 5.00 Å². The van der Waals surface area contributed by atoms with Crippen LogP contribution in [0.15, 0.2) is 72.9 Å². The van der Waals surface area contributed by atoms with E-state index >= 15 is 0 Å². The summed E-state index contributed by atoms with van der Waals surface area (Å²) >= 11 is 1.86. The zero-order chi connectivity index (χ0) is 22.4. The third-order valence-corrected chi connectivity index (χ3v) is 8.00. The number of carbonyl (C=O) groups is 1. The number of aryl methyl sites for hydroxylation is 1. The Bertz CT molecular complexity index is 1330. The standard InChI is InChI=1S/C27H24FN3OS/c28-21-12-5-6-13-22(21)29-27(32)31-17-20-19-11-4-7-15-24(19)33-26(20)30-16-8-14-23(30)25(31)18-9-2-1-3-10-18/h1-3,5-6,8-10,12-14,16,25H,4,7,11,15,17H2,(H,29,32). The summed E-state index contributed by atoms with van der Waals surface area (Å²) in [6.45, 7) is 0.489. The van der Waals surface area contributed by atoms with Gasteiger partial charge in [-0.2, -0.15) is 0 Å². The molecule has 0 bridgehead atoms. The van der Waals surface area contributed by atoms with Gasteiger partial charge in [-0.15, -0.1) is 11.3 Å². The molecular formula is C27H24FN3OS. The van der Waals surface area contributed by atoms with Crippen LogP contribution in [-0.4, -0.2) is 15.5 Å². The van der Waals surface area contributed by atoms with Crippen molar-refractivity contribution in [1.82, 2.24) is 9.47 Å². The number of rotatable bonds is 2. The molecule has 1 N–H and O–H groups in total. The Morgan fingerprint density at radius 1 is 0.939 bits per heavy atom. The molecule has 1 atom stereocenters. The lowest BCUT2D eigenvalue weighted by atomic mass is 9.95. The molecule has 1 unspecified atom stereocenters. The van der Waals surface area contributed by atoms with Gasteiger partial charge in [0.2, 0.25) is 0 Å². The second kappa shape index (κ2) is 8.19. The molecule has 4 aromatic rings. The van der Waals surface area contributed by atoms with Crippen LogP contribution in [0.4, 0.5) is 14.9 Å². The first-order valence-electron chi connectivity index (χ1n) is 11.4. The first-order valence-corrected chi connectivity index (χ1v) is 12.2. The van der Waals surface area contributed by atoms with Crippen LogP contribution in [0.1, 0.15) is 46.1 Å². The Labute approximate surface area is 196 Å². The largest absolute Gasteiger partial charge is 0.323 e. The molecule has 2 aromatic heterocycles. The van der Waals surface area contributed by atoms with Crippen molar-refractivity contribution < 1.29 is 9.18 Å². The zero-order valence-corrected chi connectivity index (χ0v) is 18.9. The number of fused-ring (bicyclic) bond motifs is 5. The van der Waals surface area contributed by atoms with Crippen LogP contribution in [0.2, 0.25) is 0 Å². The van der Waals surface area contributed by atoms with Crippen molar-refractivity contribution in [2.45, 2.75) is 38.3 Å². The van der Waals surface area contributed by atoms with E-state index in [2.05, 4.69) is 34.3 Å². The van der Waals surface area contributed by atoms with Crippen molar-refractivity contribution in [2.75, 3.05) is 5.32 Å². The molecule has 1 aliphatic heterocycles. The summed E-state index contributed by atoms with van der Waals surface area (Å²) in [7, 11) is 0. The van der Waals surface area contributed by atoms with E-state index in [1.165, 1.54) is 39.9 Å². The average Bonchev–Trinajstić information content (AvgIpc) is 3.43. The van der Waals surface area contributed by atoms with Gasteiger partial charge in [-0.25, -0.2) is 9.18 Å². The molecule has 33 heavy (non-hydrogen) atoms. The number of anilines is 1. The van der Waals surface area contributed by atoms with Gasteiger partial charge in [0.1, 0.15) is 10.8 Å². The van der Waals surface area contributed by atoms with Crippen LogP contribution in [0.3, 0.4) is 0 Å². The minimum atomic E-state index is -0.436. The summed E-state index contributed by atoms with van der Waals surface area (Å²) in [5, 5.41) is 4.05. The lowest BCUT2D eigenvalue weighted by Crippen LogP contribution is -2.38. The molecule has 166 valence electrons. The van der Waals surface area contributed by atoms with E-state index < -0.39 is 5.82 Å². The molecule has 2 amide bonds. The van der Waals surface area contributed by atoms with Gasteiger partial charge in [0.25, 0.3) is 0 Å². The Kier molecular flexibility index (Phi) is 5.03. The minimum Gasteiger partial charge on any atom is -0.310 e. The maximum absolute atomic E-state index is 14.4. The number of hydrogen-bond acceptors (Lipinski definition) is 2. The number of nitrogens with zero attached hydrogens (tertiary/aromatic N) is 2. The molecule has 0 fully saturated rings. The maximum atomic E-state index is 14.4. The summed E-state index contributed by atoms with van der Waals surface area (Å²) in [5.41, 5.74) is 4.90. The Morgan fingerprint density at radius 2 is 1.73 bits per heavy atom. The van der Waals surface area contributed by atoms with E-state index in [0.29, 0.717) is 6.54 Å². The number of amides is 2. The lowest BCUT2D eigenvalue weighted by molar-refractivity contribution is 0.194. The lowest BCUT2D eigenvalue weighted by Gasteiger charge is -2.31. The molecule has 2 aliphatic rings. The average molecular weight is 458 g/mol. The number of hydrogen-bond donors (Lipinski definition) is 1. The summed E-state index contributed by atoms with van der Waals surface area (Å²) < 4.78 is 16.6. The van der Waals surface area contributed by atoms with Crippen LogP contribution in [-0.2, 0) is 19.4 Å². The maximum Gasteiger partial charge on any atom is 0.323 e. The quantitative estimate of drug-likeness (QED) is 0.358. The van der Waals surface area contributed by atoms with E-state index in [0.717, 1.165) is 24.1 Å². The van der Waals surface area contributed by atoms with E-state index in [1.807, 2.05) is 40.5 Å². The molecule has 0 spiro atoms. The van der Waals surface area contributed by atoms with Gasteiger partial charge in [0.15, 0.2) is 0 Å². The third-order valence-electron chi connectivity index (χ3n) is 6.67. The Balaban J connectivity index is 1.50. The van der Waals surface area contributed by atoms with E-state index in [1.54, 1.807) is 18.2 Å². The molecule has 3 heterocycles. The van der Waals surface area contributed by atoms with Gasteiger partial charge < -0.3 is 14.8 Å². The van der Waals surface area contributed by atoms with Crippen LogP contribution < -0.4 is 5.32 Å². The van der Waals surface area contributed by atoms with Gasteiger partial charge in [0, 0.05) is 16.6 Å². The normalized spacial score (nSPS) is 17.0. The smallest absolute Gasteiger partial charge is 0.310 e. The van der Waals surface area contributed by atoms with Gasteiger partial charge >= 0.3 is 6.03 Å². The van der Waals surface area contributed by atoms with Crippen LogP contribution in [0, 0.1) is 5.82 Å². The van der Waals surface area contributed by atoms with Gasteiger partial charge in [-0.1, -0.05) is 42.5 Å². The number of benzene rings is 2. The fourth-order valence-corrected chi connectivity index (χ4v) is 6.53. The molecule has 0 radical (unpaired) electrons. The van der Waals surface area contributed by atoms with E-state index in [4.69, 9.17) is 0 Å². The number of thiophene rings is 1. The summed E-state index contributed by atoms with van der Waals surface area (Å²) in [6.07, 6.45) is 6.65. The van der Waals surface area contributed by atoms with Gasteiger partial charge in [0.05, 0.1) is 24.0 Å². The molecule has 0 saturated heterocycles. The topological polar surface area (TPSA) is 37.3 Å². The number of para-hydroxylation sites is 1. The highest BCUT2D eigenvalue weighted by Crippen LogP contribution is 2.44. The summed E-state index contributed by atoms with van der Waals surface area (Å²) in [4.78, 5) is 17.0. The van der Waals surface area contributed by atoms with E-state index in [9.17, 15) is 9.18 Å². The molecule has 6 rings (SSSR count). The van der Waals surface area contributed by atoms with Crippen molar-refractivity contribution in [3.8, 4) is 5.00 Å². The molecule has 4 nitrogen and oxygen atoms in total. The van der Waals surface area contributed by atoms with Gasteiger partial charge in [-0.3, -0.25) is 0 Å². The molecule has 2 aromatic carbocycles. The molecule has 1 aliphatic carbocycles. The number of aromatic nitrogens is 1. The highest BCUT2D eigenvalue weighted by Gasteiger charge is 2.36. The second-order valence-electron chi connectivity index (χ2n) is 8.65. The molecular weight excluding hydrogens is 433 g/mol.